The Morgan fingerprint density at radius 1 is 1.09 bits per heavy atom. The molecule has 1 heterocycles. The molecule has 8 nitrogen and oxygen atoms in total. The van der Waals surface area contributed by atoms with Crippen molar-refractivity contribution in [2.45, 2.75) is 31.6 Å². The number of nitrogens with one attached hydrogen (secondary N) is 1. The van der Waals surface area contributed by atoms with E-state index in [1.165, 1.54) is 19.2 Å². The number of ketones is 1. The number of ether oxygens (including phenoxy) is 2. The number of benzene rings is 2. The topological polar surface area (TPSA) is 108 Å². The van der Waals surface area contributed by atoms with Gasteiger partial charge in [0.2, 0.25) is 0 Å². The Morgan fingerprint density at radius 2 is 1.82 bits per heavy atom. The van der Waals surface area contributed by atoms with Crippen molar-refractivity contribution in [3.8, 4) is 0 Å². The number of hydrogen-bond acceptors (Lipinski definition) is 7. The minimum atomic E-state index is -0.754. The number of hydrogen-bond donors (Lipinski definition) is 1. The van der Waals surface area contributed by atoms with Gasteiger partial charge in [0.25, 0.3) is 5.69 Å². The first kappa shape index (κ1) is 23.4. The van der Waals surface area contributed by atoms with E-state index < -0.39 is 16.8 Å². The maximum absolute atomic E-state index is 13.5. The summed E-state index contributed by atoms with van der Waals surface area (Å²) < 4.78 is 10.4. The van der Waals surface area contributed by atoms with Gasteiger partial charge in [0.05, 0.1) is 17.1 Å². The molecular weight excluding hydrogens is 436 g/mol. The van der Waals surface area contributed by atoms with Gasteiger partial charge < -0.3 is 14.8 Å². The molecule has 0 aromatic heterocycles. The summed E-state index contributed by atoms with van der Waals surface area (Å²) in [5, 5.41) is 14.7. The standard InChI is InChI=1S/C26H26N2O6/c1-16-23(26(30)34-12-11-33-2)24(18-9-6-10-20(13-18)28(31)32)25-21(27-16)14-19(15-22(25)29)17-7-4-3-5-8-17/h3-10,13,19,24,27H,11-12,14-15H2,1-2H3. The van der Waals surface area contributed by atoms with Gasteiger partial charge in [0.1, 0.15) is 6.61 Å². The molecule has 2 atom stereocenters. The van der Waals surface area contributed by atoms with Crippen LogP contribution in [0.2, 0.25) is 0 Å². The first-order valence-corrected chi connectivity index (χ1v) is 11.1. The van der Waals surface area contributed by atoms with Crippen LogP contribution in [0, 0.1) is 10.1 Å². The monoisotopic (exact) mass is 462 g/mol. The normalized spacial score (nSPS) is 20.0. The first-order chi connectivity index (χ1) is 16.4. The minimum absolute atomic E-state index is 0.00807. The van der Waals surface area contributed by atoms with Crippen LogP contribution in [0.15, 0.2) is 77.1 Å². The molecule has 0 saturated heterocycles. The van der Waals surface area contributed by atoms with E-state index in [4.69, 9.17) is 9.47 Å². The summed E-state index contributed by atoms with van der Waals surface area (Å²) >= 11 is 0. The van der Waals surface area contributed by atoms with Crippen molar-refractivity contribution in [2.24, 2.45) is 0 Å². The Hall–Kier alpha value is -3.78. The number of Topliss-reactive ketones (excluding diaryl/α,β-unsaturated/α-hetero) is 1. The highest BCUT2D eigenvalue weighted by atomic mass is 16.6. The van der Waals surface area contributed by atoms with E-state index in [0.717, 1.165) is 11.3 Å². The fourth-order valence-corrected chi connectivity index (χ4v) is 4.72. The number of esters is 1. The maximum Gasteiger partial charge on any atom is 0.336 e. The second-order valence-corrected chi connectivity index (χ2v) is 8.41. The van der Waals surface area contributed by atoms with Crippen LogP contribution < -0.4 is 5.32 Å². The zero-order valence-electron chi connectivity index (χ0n) is 19.1. The molecule has 1 aliphatic carbocycles. The number of non-ortho nitro benzene ring substituents is 1. The molecule has 0 saturated carbocycles. The summed E-state index contributed by atoms with van der Waals surface area (Å²) in [4.78, 5) is 37.6. The molecule has 1 N–H and O–H groups in total. The molecule has 176 valence electrons. The maximum atomic E-state index is 13.5. The number of dihydropyridines is 1. The second kappa shape index (κ2) is 10.0. The number of nitro benzene ring substituents is 1. The third-order valence-electron chi connectivity index (χ3n) is 6.25. The second-order valence-electron chi connectivity index (χ2n) is 8.41. The van der Waals surface area contributed by atoms with Crippen LogP contribution in [0.5, 0.6) is 0 Å². The molecule has 8 heteroatoms. The smallest absolute Gasteiger partial charge is 0.336 e. The molecule has 0 amide bonds. The van der Waals surface area contributed by atoms with Crippen LogP contribution >= 0.6 is 0 Å². The average molecular weight is 463 g/mol. The molecule has 2 aliphatic rings. The zero-order valence-corrected chi connectivity index (χ0v) is 19.1. The SMILES string of the molecule is COCCOC(=O)C1=C(C)NC2=C(C(=O)CC(c3ccccc3)C2)C1c1cccc([N+](=O)[O-])c1. The van der Waals surface area contributed by atoms with Crippen molar-refractivity contribution in [1.82, 2.24) is 5.32 Å². The van der Waals surface area contributed by atoms with E-state index in [1.807, 2.05) is 30.3 Å². The van der Waals surface area contributed by atoms with Gasteiger partial charge in [-0.15, -0.1) is 0 Å². The molecule has 1 aliphatic heterocycles. The molecule has 4 rings (SSSR count). The van der Waals surface area contributed by atoms with Crippen molar-refractivity contribution in [3.05, 3.63) is 98.4 Å². The fraction of sp³-hybridized carbons (Fsp3) is 0.308. The lowest BCUT2D eigenvalue weighted by molar-refractivity contribution is -0.384. The highest BCUT2D eigenvalue weighted by Gasteiger charge is 2.41. The summed E-state index contributed by atoms with van der Waals surface area (Å²) in [6.07, 6.45) is 0.890. The minimum Gasteiger partial charge on any atom is -0.460 e. The summed E-state index contributed by atoms with van der Waals surface area (Å²) in [6.45, 7) is 2.06. The molecule has 2 aromatic carbocycles. The molecule has 0 spiro atoms. The van der Waals surface area contributed by atoms with E-state index in [-0.39, 0.29) is 36.2 Å². The number of carbonyl (C=O) groups is 2. The highest BCUT2D eigenvalue weighted by molar-refractivity contribution is 6.04. The average Bonchev–Trinajstić information content (AvgIpc) is 2.83. The van der Waals surface area contributed by atoms with E-state index in [1.54, 1.807) is 19.1 Å². The number of nitrogens with zero attached hydrogens (tertiary/aromatic N) is 1. The highest BCUT2D eigenvalue weighted by Crippen LogP contribution is 2.46. The molecule has 0 bridgehead atoms. The summed E-state index contributed by atoms with van der Waals surface area (Å²) in [5.74, 6) is -1.42. The van der Waals surface area contributed by atoms with Gasteiger partial charge in [-0.25, -0.2) is 4.79 Å². The summed E-state index contributed by atoms with van der Waals surface area (Å²) in [5.41, 5.74) is 3.54. The van der Waals surface area contributed by atoms with Crippen LogP contribution in [-0.4, -0.2) is 37.0 Å². The molecular formula is C26H26N2O6. The molecule has 2 aromatic rings. The third-order valence-corrected chi connectivity index (χ3v) is 6.25. The van der Waals surface area contributed by atoms with E-state index in [9.17, 15) is 19.7 Å². The van der Waals surface area contributed by atoms with Gasteiger partial charge in [0, 0.05) is 48.5 Å². The Balaban J connectivity index is 1.78. The lowest BCUT2D eigenvalue weighted by atomic mass is 9.71. The predicted molar refractivity (Wildman–Crippen MR) is 125 cm³/mol. The zero-order chi connectivity index (χ0) is 24.2. The lowest BCUT2D eigenvalue weighted by Gasteiger charge is -2.36. The van der Waals surface area contributed by atoms with Crippen molar-refractivity contribution in [2.75, 3.05) is 20.3 Å². The fourth-order valence-electron chi connectivity index (χ4n) is 4.72. The molecule has 2 unspecified atom stereocenters. The van der Waals surface area contributed by atoms with Crippen molar-refractivity contribution in [1.29, 1.82) is 0 Å². The van der Waals surface area contributed by atoms with Crippen LogP contribution in [0.25, 0.3) is 0 Å². The molecule has 34 heavy (non-hydrogen) atoms. The van der Waals surface area contributed by atoms with Crippen molar-refractivity contribution >= 4 is 17.4 Å². The predicted octanol–water partition coefficient (Wildman–Crippen LogP) is 4.15. The number of methoxy groups -OCH3 is 1. The van der Waals surface area contributed by atoms with Crippen LogP contribution in [0.4, 0.5) is 5.69 Å². The van der Waals surface area contributed by atoms with E-state index in [0.29, 0.717) is 29.7 Å². The Labute approximate surface area is 197 Å². The van der Waals surface area contributed by atoms with Gasteiger partial charge in [-0.1, -0.05) is 42.5 Å². The van der Waals surface area contributed by atoms with E-state index >= 15 is 0 Å². The summed E-state index contributed by atoms with van der Waals surface area (Å²) in [6, 6.07) is 15.9. The van der Waals surface area contributed by atoms with E-state index in [2.05, 4.69) is 5.32 Å². The van der Waals surface area contributed by atoms with Crippen molar-refractivity contribution in [3.63, 3.8) is 0 Å². The number of carbonyl (C=O) groups excluding carboxylic acids is 2. The van der Waals surface area contributed by atoms with Gasteiger partial charge in [-0.05, 0) is 30.4 Å². The Morgan fingerprint density at radius 3 is 2.53 bits per heavy atom. The van der Waals surface area contributed by atoms with Crippen LogP contribution in [0.3, 0.4) is 0 Å². The lowest BCUT2D eigenvalue weighted by Crippen LogP contribution is -2.36. The van der Waals surface area contributed by atoms with Gasteiger partial charge in [0.15, 0.2) is 5.78 Å². The number of allylic oxidation sites excluding steroid dienone is 3. The van der Waals surface area contributed by atoms with Gasteiger partial charge in [-0.3, -0.25) is 14.9 Å². The Bertz CT molecular complexity index is 1180. The number of nitro groups is 1. The van der Waals surface area contributed by atoms with Crippen molar-refractivity contribution < 1.29 is 24.0 Å². The first-order valence-electron chi connectivity index (χ1n) is 11.1. The molecule has 0 fully saturated rings. The van der Waals surface area contributed by atoms with Crippen LogP contribution in [0.1, 0.15) is 42.7 Å². The Kier molecular flexibility index (Phi) is 6.88. The van der Waals surface area contributed by atoms with Gasteiger partial charge >= 0.3 is 5.97 Å². The number of rotatable bonds is 7. The largest absolute Gasteiger partial charge is 0.460 e. The quantitative estimate of drug-likeness (QED) is 0.285. The summed E-state index contributed by atoms with van der Waals surface area (Å²) in [7, 11) is 1.51. The molecule has 0 radical (unpaired) electrons. The van der Waals surface area contributed by atoms with Crippen LogP contribution in [-0.2, 0) is 19.1 Å². The third kappa shape index (κ3) is 4.63. The van der Waals surface area contributed by atoms with Gasteiger partial charge in [-0.2, -0.15) is 0 Å².